The van der Waals surface area contributed by atoms with Gasteiger partial charge in [0.1, 0.15) is 10.7 Å². The molecule has 7 nitrogen and oxygen atoms in total. The quantitative estimate of drug-likeness (QED) is 0.532. The summed E-state index contributed by atoms with van der Waals surface area (Å²) in [5.41, 5.74) is 8.39. The molecule has 0 amide bonds. The van der Waals surface area contributed by atoms with Crippen molar-refractivity contribution in [2.75, 3.05) is 18.1 Å². The first-order valence-electron chi connectivity index (χ1n) is 7.64. The fraction of sp³-hybridized carbons (Fsp3) is 0.333. The Morgan fingerprint density at radius 2 is 2.04 bits per heavy atom. The normalized spacial score (nSPS) is 11.5. The molecule has 3 aromatic rings. The number of aromatic amines is 1. The number of anilines is 1. The van der Waals surface area contributed by atoms with Crippen LogP contribution < -0.4 is 17.0 Å². The van der Waals surface area contributed by atoms with Crippen LogP contribution in [0.5, 0.6) is 0 Å². The summed E-state index contributed by atoms with van der Waals surface area (Å²) in [6, 6.07) is 3.52. The van der Waals surface area contributed by atoms with Gasteiger partial charge in [-0.05, 0) is 31.9 Å². The summed E-state index contributed by atoms with van der Waals surface area (Å²) in [6.45, 7) is 4.57. The summed E-state index contributed by atoms with van der Waals surface area (Å²) in [4.78, 5) is 28.2. The molecule has 0 aliphatic rings. The fourth-order valence-corrected chi connectivity index (χ4v) is 4.13. The minimum absolute atomic E-state index is 0.268. The third-order valence-corrected chi connectivity index (χ3v) is 6.33. The highest BCUT2D eigenvalue weighted by atomic mass is 35.5. The molecule has 3 rings (SSSR count). The van der Waals surface area contributed by atoms with Gasteiger partial charge in [0.2, 0.25) is 0 Å². The Bertz CT molecular complexity index is 916. The number of halogens is 1. The Kier molecular flexibility index (Phi) is 4.83. The standard InChI is InChI=1S/C15H18ClN6OP/c1-3-24(4-2)14-20-12(17)11-13(21-14)22(15(23)19-11)8-9-5-6-10(16)18-7-9/h5-7H,3-4,8H2,1-2H3,(H,19,23)(H2,17,20,21). The maximum atomic E-state index is 12.3. The fourth-order valence-electron chi connectivity index (χ4n) is 2.52. The first-order chi connectivity index (χ1) is 11.5. The molecule has 3 aromatic heterocycles. The number of hydrogen-bond acceptors (Lipinski definition) is 5. The zero-order chi connectivity index (χ0) is 17.3. The number of nitrogens with zero attached hydrogens (tertiary/aromatic N) is 4. The largest absolute Gasteiger partial charge is 0.382 e. The zero-order valence-electron chi connectivity index (χ0n) is 13.5. The Hall–Kier alpha value is -1.98. The van der Waals surface area contributed by atoms with Crippen LogP contribution in [-0.4, -0.2) is 36.8 Å². The van der Waals surface area contributed by atoms with Gasteiger partial charge in [0.25, 0.3) is 0 Å². The highest BCUT2D eigenvalue weighted by Crippen LogP contribution is 2.32. The SMILES string of the molecule is CCP(CC)c1nc(N)c2[nH]c(=O)n(Cc3ccc(Cl)nc3)c2n1. The number of pyridine rings is 1. The van der Waals surface area contributed by atoms with E-state index in [1.807, 2.05) is 6.07 Å². The molecule has 0 bridgehead atoms. The van der Waals surface area contributed by atoms with Crippen LogP contribution in [0.15, 0.2) is 23.1 Å². The monoisotopic (exact) mass is 364 g/mol. The topological polar surface area (TPSA) is 102 Å². The lowest BCUT2D eigenvalue weighted by molar-refractivity contribution is 0.775. The van der Waals surface area contributed by atoms with E-state index < -0.39 is 7.92 Å². The minimum Gasteiger partial charge on any atom is -0.382 e. The molecular weight excluding hydrogens is 347 g/mol. The maximum Gasteiger partial charge on any atom is 0.328 e. The van der Waals surface area contributed by atoms with E-state index in [0.717, 1.165) is 23.5 Å². The summed E-state index contributed by atoms with van der Waals surface area (Å²) >= 11 is 5.81. The van der Waals surface area contributed by atoms with Gasteiger partial charge in [0, 0.05) is 6.20 Å². The molecule has 0 spiro atoms. The summed E-state index contributed by atoms with van der Waals surface area (Å²) in [7, 11) is -0.469. The number of imidazole rings is 1. The van der Waals surface area contributed by atoms with E-state index in [1.165, 1.54) is 0 Å². The maximum absolute atomic E-state index is 12.3. The second kappa shape index (κ2) is 6.87. The Balaban J connectivity index is 2.11. The summed E-state index contributed by atoms with van der Waals surface area (Å²) in [6.07, 6.45) is 3.60. The first-order valence-corrected chi connectivity index (χ1v) is 9.73. The molecule has 0 aliphatic carbocycles. The molecule has 126 valence electrons. The molecule has 24 heavy (non-hydrogen) atoms. The summed E-state index contributed by atoms with van der Waals surface area (Å²) in [5, 5.41) is 0.412. The number of H-pyrrole nitrogens is 1. The van der Waals surface area contributed by atoms with E-state index in [2.05, 4.69) is 33.8 Å². The Labute approximate surface area is 145 Å². The van der Waals surface area contributed by atoms with Crippen LogP contribution in [0.3, 0.4) is 0 Å². The van der Waals surface area contributed by atoms with E-state index >= 15 is 0 Å². The molecular formula is C15H18ClN6OP. The van der Waals surface area contributed by atoms with Crippen molar-refractivity contribution in [2.45, 2.75) is 20.4 Å². The van der Waals surface area contributed by atoms with Crippen LogP contribution in [0.25, 0.3) is 11.2 Å². The number of rotatable bonds is 5. The lowest BCUT2D eigenvalue weighted by atomic mass is 10.3. The lowest BCUT2D eigenvalue weighted by Gasteiger charge is -2.12. The van der Waals surface area contributed by atoms with Crippen LogP contribution in [-0.2, 0) is 6.54 Å². The smallest absolute Gasteiger partial charge is 0.328 e. The summed E-state index contributed by atoms with van der Waals surface area (Å²) in [5.74, 6) is 0.314. The average Bonchev–Trinajstić information content (AvgIpc) is 2.88. The minimum atomic E-state index is -0.469. The van der Waals surface area contributed by atoms with Crippen LogP contribution >= 0.6 is 19.5 Å². The highest BCUT2D eigenvalue weighted by Gasteiger charge is 2.17. The number of hydrogen-bond donors (Lipinski definition) is 2. The molecule has 0 saturated heterocycles. The van der Waals surface area contributed by atoms with Gasteiger partial charge >= 0.3 is 5.69 Å². The molecule has 0 saturated carbocycles. The van der Waals surface area contributed by atoms with Crippen molar-refractivity contribution in [1.29, 1.82) is 0 Å². The predicted octanol–water partition coefficient (Wildman–Crippen LogP) is 1.95. The van der Waals surface area contributed by atoms with Crippen LogP contribution in [0.1, 0.15) is 19.4 Å². The highest BCUT2D eigenvalue weighted by molar-refractivity contribution is 7.65. The van der Waals surface area contributed by atoms with Gasteiger partial charge in [-0.3, -0.25) is 4.57 Å². The third kappa shape index (κ3) is 3.14. The molecule has 0 fully saturated rings. The number of nitrogens with two attached hydrogens (primary N) is 1. The Morgan fingerprint density at radius 3 is 2.67 bits per heavy atom. The number of fused-ring (bicyclic) bond motifs is 1. The lowest BCUT2D eigenvalue weighted by Crippen LogP contribution is -2.20. The molecule has 0 atom stereocenters. The van der Waals surface area contributed by atoms with Gasteiger partial charge in [0.15, 0.2) is 17.0 Å². The van der Waals surface area contributed by atoms with E-state index in [1.54, 1.807) is 16.8 Å². The van der Waals surface area contributed by atoms with Crippen molar-refractivity contribution in [3.05, 3.63) is 39.5 Å². The van der Waals surface area contributed by atoms with Crippen LogP contribution in [0, 0.1) is 0 Å². The van der Waals surface area contributed by atoms with E-state index in [4.69, 9.17) is 17.3 Å². The molecule has 0 aliphatic heterocycles. The van der Waals surface area contributed by atoms with Gasteiger partial charge in [-0.25, -0.2) is 19.7 Å². The second-order valence-corrected chi connectivity index (χ2v) is 8.42. The van der Waals surface area contributed by atoms with Crippen molar-refractivity contribution in [2.24, 2.45) is 0 Å². The van der Waals surface area contributed by atoms with Crippen molar-refractivity contribution < 1.29 is 0 Å². The average molecular weight is 365 g/mol. The van der Waals surface area contributed by atoms with Gasteiger partial charge in [-0.1, -0.05) is 31.5 Å². The van der Waals surface area contributed by atoms with Gasteiger partial charge in [0.05, 0.1) is 6.54 Å². The van der Waals surface area contributed by atoms with E-state index in [0.29, 0.717) is 28.7 Å². The summed E-state index contributed by atoms with van der Waals surface area (Å²) < 4.78 is 1.56. The molecule has 0 radical (unpaired) electrons. The van der Waals surface area contributed by atoms with Crippen molar-refractivity contribution in [3.63, 3.8) is 0 Å². The van der Waals surface area contributed by atoms with Crippen LogP contribution in [0.4, 0.5) is 5.82 Å². The first kappa shape index (κ1) is 16.9. The van der Waals surface area contributed by atoms with Gasteiger partial charge in [-0.15, -0.1) is 0 Å². The van der Waals surface area contributed by atoms with E-state index in [-0.39, 0.29) is 5.69 Å². The molecule has 9 heteroatoms. The van der Waals surface area contributed by atoms with E-state index in [9.17, 15) is 4.79 Å². The second-order valence-electron chi connectivity index (χ2n) is 5.29. The zero-order valence-corrected chi connectivity index (χ0v) is 15.1. The number of aromatic nitrogens is 5. The van der Waals surface area contributed by atoms with Crippen molar-refractivity contribution >= 4 is 42.1 Å². The predicted molar refractivity (Wildman–Crippen MR) is 98.5 cm³/mol. The molecule has 3 N–H and O–H groups in total. The third-order valence-electron chi connectivity index (χ3n) is 3.81. The van der Waals surface area contributed by atoms with Gasteiger partial charge in [-0.2, -0.15) is 0 Å². The van der Waals surface area contributed by atoms with Crippen LogP contribution in [0.2, 0.25) is 5.15 Å². The van der Waals surface area contributed by atoms with Gasteiger partial charge < -0.3 is 10.7 Å². The van der Waals surface area contributed by atoms with Crippen molar-refractivity contribution in [3.8, 4) is 0 Å². The van der Waals surface area contributed by atoms with Crippen molar-refractivity contribution in [1.82, 2.24) is 24.5 Å². The number of nitrogens with one attached hydrogen (secondary N) is 1. The molecule has 0 unspecified atom stereocenters. The Morgan fingerprint density at radius 1 is 1.29 bits per heavy atom. The number of nitrogen functional groups attached to an aromatic ring is 1. The molecule has 3 heterocycles. The molecule has 0 aromatic carbocycles.